The van der Waals surface area contributed by atoms with E-state index in [0.29, 0.717) is 26.0 Å². The average Bonchev–Trinajstić information content (AvgIpc) is 3.79. The minimum absolute atomic E-state index is 0.0226. The summed E-state index contributed by atoms with van der Waals surface area (Å²) in [4.78, 5) is 34.0. The fourth-order valence-electron chi connectivity index (χ4n) is 6.29. The number of piperazine rings is 1. The number of benzene rings is 2. The SMILES string of the molecule is N=C(N)NCCC[C@H](NC(=O)c1sccc1NS(=O)(=O)c1cc(-c2ccccc2CN2CCN(c3cccnc3)CC2)cc2c1OCC2)C(=O)O. The summed E-state index contributed by atoms with van der Waals surface area (Å²) >= 11 is 0.991. The quantitative estimate of drug-likeness (QED) is 0.0631. The van der Waals surface area contributed by atoms with Gasteiger partial charge in [0.25, 0.3) is 15.9 Å². The number of nitrogens with zero attached hydrogens (tertiary/aromatic N) is 3. The molecular formula is C35H40N8O6S2. The van der Waals surface area contributed by atoms with Crippen LogP contribution >= 0.6 is 11.3 Å². The summed E-state index contributed by atoms with van der Waals surface area (Å²) in [6.07, 6.45) is 4.61. The van der Waals surface area contributed by atoms with E-state index in [1.165, 1.54) is 6.07 Å². The molecule has 7 N–H and O–H groups in total. The van der Waals surface area contributed by atoms with Gasteiger partial charge in [-0.15, -0.1) is 11.3 Å². The van der Waals surface area contributed by atoms with Crippen molar-refractivity contribution in [1.29, 1.82) is 5.41 Å². The van der Waals surface area contributed by atoms with Gasteiger partial charge in [-0.25, -0.2) is 13.2 Å². The number of ether oxygens (including phenoxy) is 1. The van der Waals surface area contributed by atoms with Crippen molar-refractivity contribution in [3.63, 3.8) is 0 Å². The van der Waals surface area contributed by atoms with Crippen LogP contribution in [0.5, 0.6) is 5.75 Å². The Balaban J connectivity index is 1.20. The van der Waals surface area contributed by atoms with Crippen LogP contribution in [0.1, 0.15) is 33.6 Å². The first-order valence-corrected chi connectivity index (χ1v) is 18.9. The molecule has 2 aliphatic heterocycles. The molecule has 16 heteroatoms. The summed E-state index contributed by atoms with van der Waals surface area (Å²) in [6.45, 7) is 4.78. The smallest absolute Gasteiger partial charge is 0.326 e. The lowest BCUT2D eigenvalue weighted by Crippen LogP contribution is -2.46. The molecule has 0 unspecified atom stereocenters. The Labute approximate surface area is 300 Å². The van der Waals surface area contributed by atoms with Gasteiger partial charge in [0.15, 0.2) is 5.96 Å². The van der Waals surface area contributed by atoms with Crippen LogP contribution in [0.3, 0.4) is 0 Å². The fraction of sp³-hybridized carbons (Fsp3) is 0.314. The van der Waals surface area contributed by atoms with Crippen LogP contribution in [0.4, 0.5) is 11.4 Å². The van der Waals surface area contributed by atoms with Gasteiger partial charge in [0.2, 0.25) is 0 Å². The summed E-state index contributed by atoms with van der Waals surface area (Å²) in [5.74, 6) is -1.91. The minimum atomic E-state index is -4.26. The van der Waals surface area contributed by atoms with Crippen LogP contribution in [0.15, 0.2) is 77.3 Å². The van der Waals surface area contributed by atoms with Crippen LogP contribution in [-0.4, -0.2) is 86.6 Å². The molecule has 0 aliphatic carbocycles. The maximum Gasteiger partial charge on any atom is 0.326 e. The highest BCUT2D eigenvalue weighted by Crippen LogP contribution is 2.39. The Hall–Kier alpha value is -5.19. The number of sulfonamides is 1. The van der Waals surface area contributed by atoms with Gasteiger partial charge in [-0.05, 0) is 70.8 Å². The molecule has 6 rings (SSSR count). The van der Waals surface area contributed by atoms with Crippen molar-refractivity contribution < 1.29 is 27.9 Å². The highest BCUT2D eigenvalue weighted by atomic mass is 32.2. The molecule has 1 amide bonds. The number of hydrogen-bond acceptors (Lipinski definition) is 10. The largest absolute Gasteiger partial charge is 0.492 e. The zero-order chi connectivity index (χ0) is 36.0. The molecule has 4 heterocycles. The molecule has 0 spiro atoms. The first-order valence-electron chi connectivity index (χ1n) is 16.6. The molecule has 2 aromatic carbocycles. The molecule has 0 bridgehead atoms. The zero-order valence-corrected chi connectivity index (χ0v) is 29.4. The van der Waals surface area contributed by atoms with Crippen LogP contribution in [0.25, 0.3) is 11.1 Å². The third kappa shape index (κ3) is 8.58. The monoisotopic (exact) mass is 732 g/mol. The number of fused-ring (bicyclic) bond motifs is 1. The van der Waals surface area contributed by atoms with Crippen LogP contribution in [0.2, 0.25) is 0 Å². The number of aliphatic carboxylic acids is 1. The summed E-state index contributed by atoms with van der Waals surface area (Å²) in [7, 11) is -4.26. The number of carboxylic acid groups (broad SMARTS) is 1. The number of rotatable bonds is 14. The van der Waals surface area contributed by atoms with Gasteiger partial charge in [0.1, 0.15) is 21.6 Å². The summed E-state index contributed by atoms with van der Waals surface area (Å²) < 4.78 is 36.5. The molecule has 1 saturated heterocycles. The van der Waals surface area contributed by atoms with E-state index in [-0.39, 0.29) is 40.1 Å². The Morgan fingerprint density at radius 1 is 1.10 bits per heavy atom. The second-order valence-corrected chi connectivity index (χ2v) is 14.9. The van der Waals surface area contributed by atoms with E-state index in [1.807, 2.05) is 36.5 Å². The fourth-order valence-corrected chi connectivity index (χ4v) is 8.39. The van der Waals surface area contributed by atoms with Gasteiger partial charge in [-0.2, -0.15) is 0 Å². The summed E-state index contributed by atoms with van der Waals surface area (Å²) in [6, 6.07) is 15.9. The van der Waals surface area contributed by atoms with E-state index >= 15 is 0 Å². The Morgan fingerprint density at radius 2 is 1.90 bits per heavy atom. The van der Waals surface area contributed by atoms with E-state index in [1.54, 1.807) is 17.6 Å². The average molecular weight is 733 g/mol. The van der Waals surface area contributed by atoms with Crippen molar-refractivity contribution in [2.75, 3.05) is 49.0 Å². The summed E-state index contributed by atoms with van der Waals surface area (Å²) in [5, 5.41) is 23.5. The number of anilines is 2. The molecule has 2 aromatic heterocycles. The number of aromatic nitrogens is 1. The number of carbonyl (C=O) groups is 2. The second-order valence-electron chi connectivity index (χ2n) is 12.3. The predicted molar refractivity (Wildman–Crippen MR) is 196 cm³/mol. The number of guanidine groups is 1. The maximum absolute atomic E-state index is 14.1. The molecule has 14 nitrogen and oxygen atoms in total. The minimum Gasteiger partial charge on any atom is -0.492 e. The summed E-state index contributed by atoms with van der Waals surface area (Å²) in [5.41, 5.74) is 9.93. The van der Waals surface area contributed by atoms with E-state index in [9.17, 15) is 23.1 Å². The lowest BCUT2D eigenvalue weighted by Gasteiger charge is -2.36. The topological polar surface area (TPSA) is 203 Å². The number of amides is 1. The maximum atomic E-state index is 14.1. The van der Waals surface area contributed by atoms with Crippen molar-refractivity contribution in [3.05, 3.63) is 88.4 Å². The van der Waals surface area contributed by atoms with E-state index < -0.39 is 27.9 Å². The number of carboxylic acids is 1. The van der Waals surface area contributed by atoms with Crippen LogP contribution in [0, 0.1) is 5.41 Å². The van der Waals surface area contributed by atoms with Crippen molar-refractivity contribution in [2.45, 2.75) is 36.7 Å². The Bertz CT molecular complexity index is 2000. The highest BCUT2D eigenvalue weighted by molar-refractivity contribution is 7.92. The third-order valence-corrected chi connectivity index (χ3v) is 11.1. The van der Waals surface area contributed by atoms with E-state index in [0.717, 1.165) is 65.5 Å². The van der Waals surface area contributed by atoms with Gasteiger partial charge >= 0.3 is 5.97 Å². The molecule has 0 saturated carbocycles. The number of nitrogens with two attached hydrogens (primary N) is 1. The van der Waals surface area contributed by atoms with Crippen molar-refractivity contribution in [3.8, 4) is 16.9 Å². The second kappa shape index (κ2) is 15.8. The molecule has 0 radical (unpaired) electrons. The van der Waals surface area contributed by atoms with Gasteiger partial charge in [0, 0.05) is 51.9 Å². The normalized spacial score (nSPS) is 15.0. The third-order valence-electron chi connectivity index (χ3n) is 8.85. The standard InChI is InChI=1S/C35H40N8O6S2/c36-35(37)39-12-4-8-29(34(45)46)40-33(44)32-28(10-18-50-32)41-51(47,48)30-20-25(19-23-9-17-49-31(23)30)27-7-2-1-5-24(27)22-42-13-15-43(16-14-42)26-6-3-11-38-21-26/h1-3,5-7,10-11,18-21,29,41H,4,8-9,12-17,22H2,(H,40,44)(H,45,46)(H4,36,37,39)/t29-/m0/s1. The van der Waals surface area contributed by atoms with Gasteiger partial charge < -0.3 is 31.1 Å². The number of nitrogens with one attached hydrogen (secondary N) is 4. The molecular weight excluding hydrogens is 693 g/mol. The molecule has 51 heavy (non-hydrogen) atoms. The van der Waals surface area contributed by atoms with Crippen molar-refractivity contribution in [1.82, 2.24) is 20.5 Å². The van der Waals surface area contributed by atoms with E-state index in [4.69, 9.17) is 15.9 Å². The lowest BCUT2D eigenvalue weighted by atomic mass is 9.97. The number of pyridine rings is 1. The number of carbonyl (C=O) groups excluding carboxylic acids is 1. The number of thiophene rings is 1. The first kappa shape index (κ1) is 35.6. The Morgan fingerprint density at radius 3 is 2.65 bits per heavy atom. The van der Waals surface area contributed by atoms with E-state index in [2.05, 4.69) is 42.3 Å². The molecule has 2 aliphatic rings. The first-order chi connectivity index (χ1) is 24.6. The van der Waals surface area contributed by atoms with Gasteiger partial charge in [0.05, 0.1) is 24.2 Å². The molecule has 1 atom stereocenters. The van der Waals surface area contributed by atoms with Crippen LogP contribution in [-0.2, 0) is 27.8 Å². The van der Waals surface area contributed by atoms with Gasteiger partial charge in [-0.3, -0.25) is 24.8 Å². The molecule has 268 valence electrons. The van der Waals surface area contributed by atoms with Crippen molar-refractivity contribution >= 4 is 50.6 Å². The predicted octanol–water partition coefficient (Wildman–Crippen LogP) is 3.31. The number of hydrogen-bond donors (Lipinski definition) is 6. The van der Waals surface area contributed by atoms with Crippen LogP contribution < -0.4 is 30.7 Å². The highest BCUT2D eigenvalue weighted by Gasteiger charge is 2.30. The van der Waals surface area contributed by atoms with Crippen molar-refractivity contribution in [2.24, 2.45) is 5.73 Å². The molecule has 1 fully saturated rings. The Kier molecular flexibility index (Phi) is 11.0. The van der Waals surface area contributed by atoms with Gasteiger partial charge in [-0.1, -0.05) is 24.3 Å². The lowest BCUT2D eigenvalue weighted by molar-refractivity contribution is -0.139. The molecule has 4 aromatic rings. The zero-order valence-electron chi connectivity index (χ0n) is 27.8.